The molecule has 1 atom stereocenters. The molecule has 1 heterocycles. The van der Waals surface area contributed by atoms with Crippen LogP contribution in [0.5, 0.6) is 5.75 Å². The highest BCUT2D eigenvalue weighted by Crippen LogP contribution is 2.25. The zero-order valence-electron chi connectivity index (χ0n) is 16.7. The van der Waals surface area contributed by atoms with Crippen molar-refractivity contribution in [3.05, 3.63) is 64.2 Å². The molecular formula is C23H29ClN2O2. The second-order valence-corrected chi connectivity index (χ2v) is 8.02. The van der Waals surface area contributed by atoms with Gasteiger partial charge in [-0.15, -0.1) is 0 Å². The van der Waals surface area contributed by atoms with Crippen molar-refractivity contribution in [3.63, 3.8) is 0 Å². The van der Waals surface area contributed by atoms with Crippen molar-refractivity contribution in [2.24, 2.45) is 0 Å². The molecule has 150 valence electrons. The van der Waals surface area contributed by atoms with Crippen molar-refractivity contribution in [1.29, 1.82) is 0 Å². The summed E-state index contributed by atoms with van der Waals surface area (Å²) in [5, 5.41) is 3.78. The van der Waals surface area contributed by atoms with E-state index in [1.807, 2.05) is 38.1 Å². The summed E-state index contributed by atoms with van der Waals surface area (Å²) in [6, 6.07) is 14.1. The summed E-state index contributed by atoms with van der Waals surface area (Å²) in [5.74, 6) is 0.632. The fourth-order valence-electron chi connectivity index (χ4n) is 3.80. The molecule has 1 amide bonds. The van der Waals surface area contributed by atoms with Gasteiger partial charge in [0.05, 0.1) is 6.04 Å². The molecular weight excluding hydrogens is 372 g/mol. The quantitative estimate of drug-likeness (QED) is 0.733. The molecule has 1 saturated heterocycles. The number of nitrogens with one attached hydrogen (secondary N) is 1. The summed E-state index contributed by atoms with van der Waals surface area (Å²) in [5.41, 5.74) is 3.44. The van der Waals surface area contributed by atoms with Gasteiger partial charge in [0.1, 0.15) is 5.75 Å². The highest BCUT2D eigenvalue weighted by atomic mass is 35.5. The first kappa shape index (κ1) is 20.7. The maximum atomic E-state index is 12.4. The lowest BCUT2D eigenvalue weighted by atomic mass is 10.0. The smallest absolute Gasteiger partial charge is 0.258 e. The van der Waals surface area contributed by atoms with Gasteiger partial charge in [-0.2, -0.15) is 0 Å². The lowest BCUT2D eigenvalue weighted by molar-refractivity contribution is -0.123. The lowest BCUT2D eigenvalue weighted by Crippen LogP contribution is -2.41. The van der Waals surface area contributed by atoms with Crippen molar-refractivity contribution < 1.29 is 9.53 Å². The number of nitrogens with zero attached hydrogens (tertiary/aromatic N) is 1. The molecule has 5 heteroatoms. The Morgan fingerprint density at radius 2 is 1.71 bits per heavy atom. The van der Waals surface area contributed by atoms with Crippen LogP contribution in [0, 0.1) is 13.8 Å². The van der Waals surface area contributed by atoms with Crippen LogP contribution in [-0.2, 0) is 4.79 Å². The minimum Gasteiger partial charge on any atom is -0.484 e. The van der Waals surface area contributed by atoms with Gasteiger partial charge in [-0.05, 0) is 80.7 Å². The predicted octanol–water partition coefficient (Wildman–Crippen LogP) is 4.68. The van der Waals surface area contributed by atoms with E-state index in [1.165, 1.54) is 24.8 Å². The number of carbonyl (C=O) groups excluding carboxylic acids is 1. The van der Waals surface area contributed by atoms with E-state index < -0.39 is 0 Å². The van der Waals surface area contributed by atoms with E-state index in [9.17, 15) is 4.79 Å². The van der Waals surface area contributed by atoms with Crippen molar-refractivity contribution in [2.45, 2.75) is 39.2 Å². The van der Waals surface area contributed by atoms with E-state index in [1.54, 1.807) is 0 Å². The van der Waals surface area contributed by atoms with Gasteiger partial charge in [0, 0.05) is 11.6 Å². The summed E-state index contributed by atoms with van der Waals surface area (Å²) >= 11 is 6.05. The number of ether oxygens (including phenoxy) is 1. The predicted molar refractivity (Wildman–Crippen MR) is 114 cm³/mol. The molecule has 0 aliphatic carbocycles. The third kappa shape index (κ3) is 5.98. The molecule has 4 nitrogen and oxygen atoms in total. The van der Waals surface area contributed by atoms with E-state index in [2.05, 4.69) is 28.4 Å². The van der Waals surface area contributed by atoms with Gasteiger partial charge >= 0.3 is 0 Å². The molecule has 0 bridgehead atoms. The summed E-state index contributed by atoms with van der Waals surface area (Å²) < 4.78 is 5.69. The third-order valence-corrected chi connectivity index (χ3v) is 5.40. The molecule has 2 aromatic carbocycles. The van der Waals surface area contributed by atoms with E-state index in [4.69, 9.17) is 16.3 Å². The van der Waals surface area contributed by atoms with Gasteiger partial charge in [-0.1, -0.05) is 36.2 Å². The largest absolute Gasteiger partial charge is 0.484 e. The van der Waals surface area contributed by atoms with E-state index in [0.29, 0.717) is 6.54 Å². The maximum absolute atomic E-state index is 12.4. The van der Waals surface area contributed by atoms with Crippen LogP contribution in [0.25, 0.3) is 0 Å². The molecule has 1 N–H and O–H groups in total. The van der Waals surface area contributed by atoms with E-state index >= 15 is 0 Å². The monoisotopic (exact) mass is 400 g/mol. The Morgan fingerprint density at radius 3 is 2.36 bits per heavy atom. The van der Waals surface area contributed by atoms with Gasteiger partial charge in [0.15, 0.2) is 6.61 Å². The number of piperidine rings is 1. The van der Waals surface area contributed by atoms with Gasteiger partial charge in [-0.3, -0.25) is 9.69 Å². The first-order valence-electron chi connectivity index (χ1n) is 9.98. The Morgan fingerprint density at radius 1 is 1.07 bits per heavy atom. The summed E-state index contributed by atoms with van der Waals surface area (Å²) in [6.07, 6.45) is 3.68. The van der Waals surface area contributed by atoms with Crippen molar-refractivity contribution in [2.75, 3.05) is 26.2 Å². The number of hydrogen-bond acceptors (Lipinski definition) is 3. The lowest BCUT2D eigenvalue weighted by Gasteiger charge is -2.35. The maximum Gasteiger partial charge on any atom is 0.258 e. The van der Waals surface area contributed by atoms with Crippen LogP contribution in [0.3, 0.4) is 0 Å². The first-order valence-corrected chi connectivity index (χ1v) is 10.4. The third-order valence-electron chi connectivity index (χ3n) is 5.14. The van der Waals surface area contributed by atoms with Gasteiger partial charge in [0.2, 0.25) is 0 Å². The van der Waals surface area contributed by atoms with E-state index in [0.717, 1.165) is 35.0 Å². The number of halogens is 1. The molecule has 0 unspecified atom stereocenters. The average molecular weight is 401 g/mol. The zero-order valence-corrected chi connectivity index (χ0v) is 17.5. The topological polar surface area (TPSA) is 41.6 Å². The van der Waals surface area contributed by atoms with Crippen molar-refractivity contribution in [1.82, 2.24) is 10.2 Å². The molecule has 0 aromatic heterocycles. The normalized spacial score (nSPS) is 15.8. The van der Waals surface area contributed by atoms with Gasteiger partial charge in [0.25, 0.3) is 5.91 Å². The highest BCUT2D eigenvalue weighted by Gasteiger charge is 2.23. The fourth-order valence-corrected chi connectivity index (χ4v) is 3.93. The summed E-state index contributed by atoms with van der Waals surface area (Å²) in [6.45, 7) is 6.75. The molecule has 1 aliphatic rings. The minimum absolute atomic E-state index is 0.0240. The Labute approximate surface area is 172 Å². The molecule has 0 saturated carbocycles. The highest BCUT2D eigenvalue weighted by molar-refractivity contribution is 6.30. The first-order chi connectivity index (χ1) is 13.5. The Kier molecular flexibility index (Phi) is 7.35. The molecule has 1 fully saturated rings. The van der Waals surface area contributed by atoms with Crippen LogP contribution < -0.4 is 10.1 Å². The van der Waals surface area contributed by atoms with Gasteiger partial charge in [-0.25, -0.2) is 0 Å². The number of hydrogen-bond donors (Lipinski definition) is 1. The van der Waals surface area contributed by atoms with Crippen LogP contribution in [0.2, 0.25) is 5.02 Å². The zero-order chi connectivity index (χ0) is 19.9. The molecule has 2 aromatic rings. The SMILES string of the molecule is Cc1cc(C)cc(OCC(=O)NC[C@@H](c2ccc(Cl)cc2)N2CCCCC2)c1. The molecule has 1 aliphatic heterocycles. The minimum atomic E-state index is -0.102. The molecule has 0 radical (unpaired) electrons. The van der Waals surface area contributed by atoms with Gasteiger partial charge < -0.3 is 10.1 Å². The number of benzene rings is 2. The van der Waals surface area contributed by atoms with Crippen LogP contribution in [0.1, 0.15) is 42.0 Å². The van der Waals surface area contributed by atoms with Crippen molar-refractivity contribution >= 4 is 17.5 Å². The second-order valence-electron chi connectivity index (χ2n) is 7.58. The summed E-state index contributed by atoms with van der Waals surface area (Å²) in [4.78, 5) is 14.8. The Hall–Kier alpha value is -2.04. The van der Waals surface area contributed by atoms with Crippen molar-refractivity contribution in [3.8, 4) is 5.75 Å². The van der Waals surface area contributed by atoms with E-state index in [-0.39, 0.29) is 18.6 Å². The standard InChI is InChI=1S/C23H29ClN2O2/c1-17-12-18(2)14-21(13-17)28-16-23(27)25-15-22(26-10-4-3-5-11-26)19-6-8-20(24)9-7-19/h6-9,12-14,22H,3-5,10-11,15-16H2,1-2H3,(H,25,27)/t22-/m0/s1. The number of likely N-dealkylation sites (tertiary alicyclic amines) is 1. The number of aryl methyl sites for hydroxylation is 2. The van der Waals surface area contributed by atoms with Crippen LogP contribution in [0.15, 0.2) is 42.5 Å². The Balaban J connectivity index is 1.59. The second kappa shape index (κ2) is 9.94. The number of carbonyl (C=O) groups is 1. The van der Waals surface area contributed by atoms with Crippen LogP contribution in [0.4, 0.5) is 0 Å². The van der Waals surface area contributed by atoms with Crippen LogP contribution >= 0.6 is 11.6 Å². The Bertz CT molecular complexity index is 765. The molecule has 0 spiro atoms. The molecule has 28 heavy (non-hydrogen) atoms. The molecule has 3 rings (SSSR count). The fraction of sp³-hybridized carbons (Fsp3) is 0.435. The average Bonchev–Trinajstić information content (AvgIpc) is 2.68. The number of amides is 1. The van der Waals surface area contributed by atoms with Crippen LogP contribution in [-0.4, -0.2) is 37.0 Å². The number of rotatable bonds is 7. The summed E-state index contributed by atoms with van der Waals surface area (Å²) in [7, 11) is 0.